The molecular formula is C15H19N5O3S. The molecule has 24 heavy (non-hydrogen) atoms. The third-order valence-corrected chi connectivity index (χ3v) is 4.87. The van der Waals surface area contributed by atoms with Crippen LogP contribution in [0, 0.1) is 5.92 Å². The zero-order chi connectivity index (χ0) is 16.9. The predicted octanol–water partition coefficient (Wildman–Crippen LogP) is 1.50. The molecule has 2 aromatic rings. The van der Waals surface area contributed by atoms with E-state index in [0.717, 1.165) is 29.9 Å². The van der Waals surface area contributed by atoms with Crippen LogP contribution in [0.4, 0.5) is 5.13 Å². The highest BCUT2D eigenvalue weighted by atomic mass is 32.1. The van der Waals surface area contributed by atoms with Gasteiger partial charge in [-0.1, -0.05) is 0 Å². The molecule has 2 aromatic heterocycles. The lowest BCUT2D eigenvalue weighted by Crippen LogP contribution is -2.28. The van der Waals surface area contributed by atoms with Crippen molar-refractivity contribution in [2.45, 2.75) is 38.5 Å². The minimum absolute atomic E-state index is 0.0286. The third-order valence-electron chi connectivity index (χ3n) is 4.07. The fourth-order valence-corrected chi connectivity index (χ4v) is 3.46. The van der Waals surface area contributed by atoms with Crippen molar-refractivity contribution in [3.63, 3.8) is 0 Å². The zero-order valence-corrected chi connectivity index (χ0v) is 14.2. The molecule has 1 atom stereocenters. The Morgan fingerprint density at radius 2 is 2.25 bits per heavy atom. The van der Waals surface area contributed by atoms with Crippen LogP contribution in [0.25, 0.3) is 0 Å². The molecule has 0 bridgehead atoms. The van der Waals surface area contributed by atoms with Gasteiger partial charge in [0.2, 0.25) is 5.91 Å². The van der Waals surface area contributed by atoms with Crippen LogP contribution >= 0.6 is 11.3 Å². The number of aromatic nitrogens is 4. The number of H-pyrrole nitrogens is 1. The smallest absolute Gasteiger partial charge is 0.305 e. The number of aryl methyl sites for hydroxylation is 2. The van der Waals surface area contributed by atoms with Crippen molar-refractivity contribution in [3.05, 3.63) is 22.5 Å². The summed E-state index contributed by atoms with van der Waals surface area (Å²) in [5.41, 5.74) is 2.71. The number of carbonyl (C=O) groups is 2. The van der Waals surface area contributed by atoms with Crippen molar-refractivity contribution < 1.29 is 14.3 Å². The van der Waals surface area contributed by atoms with Crippen molar-refractivity contribution >= 4 is 28.3 Å². The standard InChI is InChI=1S/C15H19N5O3S/c1-23-13(21)4-2-3-10-8-24-15(16-10)17-14(22)9-5-6-11-12(7-9)19-20-18-11/h8-9H,2-7H2,1H3,(H,16,17,22)(H,18,19,20)/t9-/m0/s1. The lowest BCUT2D eigenvalue weighted by Gasteiger charge is -2.18. The molecule has 1 aliphatic carbocycles. The Balaban J connectivity index is 1.49. The number of nitrogens with zero attached hydrogens (tertiary/aromatic N) is 3. The van der Waals surface area contributed by atoms with Crippen LogP contribution in [0.1, 0.15) is 36.3 Å². The van der Waals surface area contributed by atoms with Crippen LogP contribution in [0.5, 0.6) is 0 Å². The summed E-state index contributed by atoms with van der Waals surface area (Å²) < 4.78 is 4.61. The van der Waals surface area contributed by atoms with E-state index in [1.54, 1.807) is 0 Å². The van der Waals surface area contributed by atoms with E-state index in [4.69, 9.17) is 0 Å². The number of hydrogen-bond acceptors (Lipinski definition) is 7. The van der Waals surface area contributed by atoms with Gasteiger partial charge in [0.25, 0.3) is 0 Å². The van der Waals surface area contributed by atoms with Gasteiger partial charge in [0.05, 0.1) is 24.2 Å². The number of thiazole rings is 1. The first-order chi connectivity index (χ1) is 11.7. The number of nitrogens with one attached hydrogen (secondary N) is 2. The summed E-state index contributed by atoms with van der Waals surface area (Å²) in [6, 6.07) is 0. The van der Waals surface area contributed by atoms with E-state index in [-0.39, 0.29) is 17.8 Å². The van der Waals surface area contributed by atoms with Crippen molar-refractivity contribution in [2.24, 2.45) is 5.92 Å². The van der Waals surface area contributed by atoms with Crippen molar-refractivity contribution in [2.75, 3.05) is 12.4 Å². The van der Waals surface area contributed by atoms with Gasteiger partial charge in [-0.05, 0) is 25.7 Å². The first-order valence-corrected chi connectivity index (χ1v) is 8.74. The Morgan fingerprint density at radius 1 is 1.42 bits per heavy atom. The first-order valence-electron chi connectivity index (χ1n) is 7.86. The minimum Gasteiger partial charge on any atom is -0.469 e. The number of amides is 1. The summed E-state index contributed by atoms with van der Waals surface area (Å²) in [6.07, 6.45) is 3.88. The fraction of sp³-hybridized carbons (Fsp3) is 0.533. The number of anilines is 1. The van der Waals surface area contributed by atoms with E-state index in [0.29, 0.717) is 30.8 Å². The molecule has 9 heteroatoms. The Labute approximate surface area is 143 Å². The van der Waals surface area contributed by atoms with E-state index in [9.17, 15) is 9.59 Å². The molecule has 0 aromatic carbocycles. The highest BCUT2D eigenvalue weighted by Gasteiger charge is 2.27. The topological polar surface area (TPSA) is 110 Å². The second kappa shape index (κ2) is 7.52. The van der Waals surface area contributed by atoms with Crippen LogP contribution in [0.3, 0.4) is 0 Å². The molecule has 2 N–H and O–H groups in total. The Morgan fingerprint density at radius 3 is 3.08 bits per heavy atom. The molecule has 0 fully saturated rings. The van der Waals surface area contributed by atoms with E-state index >= 15 is 0 Å². The Hall–Kier alpha value is -2.29. The maximum atomic E-state index is 12.4. The van der Waals surface area contributed by atoms with Crippen molar-refractivity contribution in [1.29, 1.82) is 0 Å². The second-order valence-corrected chi connectivity index (χ2v) is 6.58. The largest absolute Gasteiger partial charge is 0.469 e. The SMILES string of the molecule is COC(=O)CCCc1csc(NC(=O)[C@H]2CCc3n[nH]nc3C2)n1. The van der Waals surface area contributed by atoms with Gasteiger partial charge in [-0.3, -0.25) is 9.59 Å². The maximum absolute atomic E-state index is 12.4. The van der Waals surface area contributed by atoms with Crippen molar-refractivity contribution in [1.82, 2.24) is 20.4 Å². The van der Waals surface area contributed by atoms with Gasteiger partial charge in [0.15, 0.2) is 5.13 Å². The van der Waals surface area contributed by atoms with Gasteiger partial charge in [0.1, 0.15) is 0 Å². The lowest BCUT2D eigenvalue weighted by molar-refractivity contribution is -0.140. The molecule has 0 saturated carbocycles. The number of methoxy groups -OCH3 is 1. The van der Waals surface area contributed by atoms with Crippen LogP contribution in [-0.2, 0) is 33.6 Å². The minimum atomic E-state index is -0.219. The molecule has 1 aliphatic rings. The lowest BCUT2D eigenvalue weighted by atomic mass is 9.89. The number of carbonyl (C=O) groups excluding carboxylic acids is 2. The monoisotopic (exact) mass is 349 g/mol. The van der Waals surface area contributed by atoms with E-state index < -0.39 is 0 Å². The van der Waals surface area contributed by atoms with Gasteiger partial charge in [-0.15, -0.1) is 11.3 Å². The summed E-state index contributed by atoms with van der Waals surface area (Å²) in [5.74, 6) is -0.350. The summed E-state index contributed by atoms with van der Waals surface area (Å²) in [4.78, 5) is 27.9. The number of rotatable bonds is 6. The highest BCUT2D eigenvalue weighted by molar-refractivity contribution is 7.13. The molecule has 8 nitrogen and oxygen atoms in total. The second-order valence-electron chi connectivity index (χ2n) is 5.72. The van der Waals surface area contributed by atoms with Crippen LogP contribution in [-0.4, -0.2) is 39.4 Å². The number of esters is 1. The van der Waals surface area contributed by atoms with E-state index in [1.807, 2.05) is 5.38 Å². The summed E-state index contributed by atoms with van der Waals surface area (Å²) >= 11 is 1.40. The van der Waals surface area contributed by atoms with E-state index in [1.165, 1.54) is 18.4 Å². The van der Waals surface area contributed by atoms with Gasteiger partial charge < -0.3 is 10.1 Å². The summed E-state index contributed by atoms with van der Waals surface area (Å²) in [5, 5.41) is 16.2. The predicted molar refractivity (Wildman–Crippen MR) is 87.6 cm³/mol. The highest BCUT2D eigenvalue weighted by Crippen LogP contribution is 2.24. The molecule has 0 radical (unpaired) electrons. The number of hydrogen-bond donors (Lipinski definition) is 2. The fourth-order valence-electron chi connectivity index (χ4n) is 2.71. The van der Waals surface area contributed by atoms with Gasteiger partial charge in [-0.25, -0.2) is 4.98 Å². The normalized spacial score (nSPS) is 16.5. The van der Waals surface area contributed by atoms with Gasteiger partial charge in [-0.2, -0.15) is 15.4 Å². The van der Waals surface area contributed by atoms with Crippen LogP contribution < -0.4 is 5.32 Å². The molecule has 0 unspecified atom stereocenters. The average molecular weight is 349 g/mol. The molecular weight excluding hydrogens is 330 g/mol. The zero-order valence-electron chi connectivity index (χ0n) is 13.4. The first kappa shape index (κ1) is 16.6. The van der Waals surface area contributed by atoms with Gasteiger partial charge >= 0.3 is 5.97 Å². The molecule has 0 saturated heterocycles. The third kappa shape index (κ3) is 3.97. The molecule has 2 heterocycles. The van der Waals surface area contributed by atoms with Crippen LogP contribution in [0.15, 0.2) is 5.38 Å². The summed E-state index contributed by atoms with van der Waals surface area (Å²) in [7, 11) is 1.38. The quantitative estimate of drug-likeness (QED) is 0.765. The molecule has 0 aliphatic heterocycles. The van der Waals surface area contributed by atoms with E-state index in [2.05, 4.69) is 30.4 Å². The molecule has 1 amide bonds. The number of fused-ring (bicyclic) bond motifs is 1. The molecule has 3 rings (SSSR count). The van der Waals surface area contributed by atoms with Crippen LogP contribution in [0.2, 0.25) is 0 Å². The Bertz CT molecular complexity index is 726. The maximum Gasteiger partial charge on any atom is 0.305 e. The molecule has 128 valence electrons. The van der Waals surface area contributed by atoms with Gasteiger partial charge in [0, 0.05) is 24.1 Å². The Kier molecular flexibility index (Phi) is 5.19. The number of ether oxygens (including phenoxy) is 1. The van der Waals surface area contributed by atoms with Crippen molar-refractivity contribution in [3.8, 4) is 0 Å². The summed E-state index contributed by atoms with van der Waals surface area (Å²) in [6.45, 7) is 0. The number of aromatic amines is 1. The average Bonchev–Trinajstić information content (AvgIpc) is 3.23. The molecule has 0 spiro atoms.